The predicted molar refractivity (Wildman–Crippen MR) is 142 cm³/mol. The summed E-state index contributed by atoms with van der Waals surface area (Å²) in [5, 5.41) is 0.710. The molecule has 2 aromatic heterocycles. The average Bonchev–Trinajstić information content (AvgIpc) is 3.74. The van der Waals surface area contributed by atoms with Crippen molar-refractivity contribution in [1.29, 1.82) is 0 Å². The van der Waals surface area contributed by atoms with Crippen LogP contribution in [0.25, 0.3) is 33.5 Å². The van der Waals surface area contributed by atoms with Crippen molar-refractivity contribution in [3.63, 3.8) is 0 Å². The first-order valence-electron chi connectivity index (χ1n) is 11.2. The summed E-state index contributed by atoms with van der Waals surface area (Å²) < 4.78 is 59.9. The third kappa shape index (κ3) is 5.54. The topological polar surface area (TPSA) is 163 Å². The summed E-state index contributed by atoms with van der Waals surface area (Å²) in [6, 6.07) is 10.8. The lowest BCUT2D eigenvalue weighted by atomic mass is 10.1. The van der Waals surface area contributed by atoms with Crippen LogP contribution in [0, 0.1) is 11.6 Å². The fraction of sp³-hybridized carbons (Fsp3) is 0.250. The number of aromatic amines is 1. The molecule has 0 radical (unpaired) electrons. The van der Waals surface area contributed by atoms with Crippen LogP contribution in [0.1, 0.15) is 25.7 Å². The summed E-state index contributed by atoms with van der Waals surface area (Å²) >= 11 is 1.60. The van der Waals surface area contributed by atoms with Gasteiger partial charge in [-0.3, -0.25) is 4.72 Å². The molecule has 37 heavy (non-hydrogen) atoms. The quantitative estimate of drug-likeness (QED) is 0.281. The number of halogens is 2. The fourth-order valence-corrected chi connectivity index (χ4v) is 6.01. The summed E-state index contributed by atoms with van der Waals surface area (Å²) in [7, 11) is -3.50. The Labute approximate surface area is 215 Å². The van der Waals surface area contributed by atoms with Crippen molar-refractivity contribution in [2.75, 3.05) is 9.44 Å². The van der Waals surface area contributed by atoms with Crippen molar-refractivity contribution in [2.45, 2.75) is 36.2 Å². The molecule has 2 aromatic carbocycles. The van der Waals surface area contributed by atoms with Crippen molar-refractivity contribution in [2.24, 2.45) is 0 Å². The number of hydrogen-bond acceptors (Lipinski definition) is 6. The van der Waals surface area contributed by atoms with Gasteiger partial charge in [0.1, 0.15) is 23.6 Å². The zero-order valence-corrected chi connectivity index (χ0v) is 21.0. The molecule has 196 valence electrons. The molecule has 2 saturated carbocycles. The fourth-order valence-electron chi connectivity index (χ4n) is 3.83. The molecular formula is C24H25F2N5O4S2. The molecule has 2 heterocycles. The van der Waals surface area contributed by atoms with Gasteiger partial charge in [0.05, 0.1) is 22.3 Å². The normalized spacial score (nSPS) is 15.1. The van der Waals surface area contributed by atoms with Crippen molar-refractivity contribution in [3.8, 4) is 22.5 Å². The van der Waals surface area contributed by atoms with E-state index in [2.05, 4.69) is 24.4 Å². The van der Waals surface area contributed by atoms with E-state index in [9.17, 15) is 12.8 Å². The minimum atomic E-state index is -3.50. The van der Waals surface area contributed by atoms with Crippen LogP contribution in [0.2, 0.25) is 0 Å². The number of nitrogens with one attached hydrogen (secondary N) is 3. The zero-order chi connectivity index (χ0) is 24.2. The molecule has 0 atom stereocenters. The van der Waals surface area contributed by atoms with E-state index in [1.165, 1.54) is 37.4 Å². The number of sulfonamides is 1. The molecule has 6 rings (SSSR count). The zero-order valence-electron chi connectivity index (χ0n) is 19.4. The van der Waals surface area contributed by atoms with E-state index in [0.29, 0.717) is 51.8 Å². The highest BCUT2D eigenvalue weighted by Gasteiger charge is 2.35. The third-order valence-corrected chi connectivity index (χ3v) is 9.03. The lowest BCUT2D eigenvalue weighted by Gasteiger charge is -2.09. The van der Waals surface area contributed by atoms with Crippen LogP contribution in [0.15, 0.2) is 48.8 Å². The molecule has 0 bridgehead atoms. The number of H-pyrrole nitrogens is 1. The van der Waals surface area contributed by atoms with Gasteiger partial charge in [-0.25, -0.2) is 27.2 Å². The van der Waals surface area contributed by atoms with Crippen molar-refractivity contribution < 1.29 is 28.2 Å². The van der Waals surface area contributed by atoms with Crippen LogP contribution in [0.5, 0.6) is 0 Å². The van der Waals surface area contributed by atoms with Crippen LogP contribution in [0.4, 0.5) is 20.2 Å². The minimum absolute atomic E-state index is 0. The second kappa shape index (κ2) is 10.2. The SMILES string of the molecule is O.O.O=S(=O)(Nc1ccc(-c2ncnc3[nH]c(-c4ccc(NSC5CC5)cc4F)cc23)c(F)c1)C1CC1. The first-order valence-corrected chi connectivity index (χ1v) is 13.7. The molecule has 0 aliphatic heterocycles. The number of aromatic nitrogens is 3. The van der Waals surface area contributed by atoms with E-state index in [1.807, 2.05) is 6.07 Å². The Hall–Kier alpha value is -3.26. The summed E-state index contributed by atoms with van der Waals surface area (Å²) in [4.78, 5) is 11.6. The van der Waals surface area contributed by atoms with Crippen LogP contribution < -0.4 is 9.44 Å². The van der Waals surface area contributed by atoms with Gasteiger partial charge in [-0.05, 0) is 80.1 Å². The van der Waals surface area contributed by atoms with Gasteiger partial charge in [0.25, 0.3) is 0 Å². The highest BCUT2D eigenvalue weighted by Crippen LogP contribution is 2.37. The molecule has 0 saturated heterocycles. The maximum Gasteiger partial charge on any atom is 0.235 e. The monoisotopic (exact) mass is 549 g/mol. The molecule has 0 unspecified atom stereocenters. The summed E-state index contributed by atoms with van der Waals surface area (Å²) in [5.74, 6) is -1.02. The third-order valence-electron chi connectivity index (χ3n) is 6.00. The van der Waals surface area contributed by atoms with Crippen LogP contribution >= 0.6 is 11.9 Å². The van der Waals surface area contributed by atoms with Crippen LogP contribution in [-0.4, -0.2) is 44.8 Å². The van der Waals surface area contributed by atoms with Gasteiger partial charge in [-0.1, -0.05) is 0 Å². The number of fused-ring (bicyclic) bond motifs is 1. The second-order valence-electron chi connectivity index (χ2n) is 8.82. The molecule has 0 spiro atoms. The first kappa shape index (κ1) is 26.8. The number of benzene rings is 2. The molecule has 7 N–H and O–H groups in total. The van der Waals surface area contributed by atoms with Crippen molar-refractivity contribution >= 4 is 44.4 Å². The van der Waals surface area contributed by atoms with Gasteiger partial charge in [0, 0.05) is 27.5 Å². The van der Waals surface area contributed by atoms with E-state index in [0.717, 1.165) is 6.07 Å². The minimum Gasteiger partial charge on any atom is -0.412 e. The summed E-state index contributed by atoms with van der Waals surface area (Å²) in [5.41, 5.74) is 2.67. The second-order valence-corrected chi connectivity index (χ2v) is 11.9. The van der Waals surface area contributed by atoms with E-state index >= 15 is 4.39 Å². The Morgan fingerprint density at radius 3 is 2.24 bits per heavy atom. The number of hydrogen-bond donors (Lipinski definition) is 3. The Bertz CT molecular complexity index is 1560. The molecule has 2 aliphatic carbocycles. The molecule has 13 heteroatoms. The van der Waals surface area contributed by atoms with Gasteiger partial charge in [0.2, 0.25) is 10.0 Å². The van der Waals surface area contributed by atoms with Crippen LogP contribution in [0.3, 0.4) is 0 Å². The number of rotatable bonds is 8. The Morgan fingerprint density at radius 1 is 0.892 bits per heavy atom. The van der Waals surface area contributed by atoms with Gasteiger partial charge >= 0.3 is 0 Å². The molecule has 4 aromatic rings. The molecule has 9 nitrogen and oxygen atoms in total. The summed E-state index contributed by atoms with van der Waals surface area (Å²) in [6.45, 7) is 0. The largest absolute Gasteiger partial charge is 0.412 e. The average molecular weight is 550 g/mol. The molecular weight excluding hydrogens is 524 g/mol. The van der Waals surface area contributed by atoms with Crippen molar-refractivity contribution in [3.05, 3.63) is 60.4 Å². The predicted octanol–water partition coefficient (Wildman–Crippen LogP) is 4.05. The number of nitrogens with zero attached hydrogens (tertiary/aromatic N) is 2. The lowest BCUT2D eigenvalue weighted by molar-refractivity contribution is 0.600. The van der Waals surface area contributed by atoms with Gasteiger partial charge < -0.3 is 20.7 Å². The Morgan fingerprint density at radius 2 is 1.57 bits per heavy atom. The lowest BCUT2D eigenvalue weighted by Crippen LogP contribution is -2.17. The van der Waals surface area contributed by atoms with E-state index < -0.39 is 26.9 Å². The maximum atomic E-state index is 15.1. The summed E-state index contributed by atoms with van der Waals surface area (Å²) in [6.07, 6.45) is 4.89. The smallest absolute Gasteiger partial charge is 0.235 e. The van der Waals surface area contributed by atoms with Gasteiger partial charge in [-0.2, -0.15) is 0 Å². The van der Waals surface area contributed by atoms with Crippen LogP contribution in [-0.2, 0) is 10.0 Å². The molecule has 0 amide bonds. The molecule has 2 fully saturated rings. The highest BCUT2D eigenvalue weighted by atomic mass is 32.2. The van der Waals surface area contributed by atoms with E-state index in [-0.39, 0.29) is 22.2 Å². The highest BCUT2D eigenvalue weighted by molar-refractivity contribution is 8.01. The molecule has 2 aliphatic rings. The Balaban J connectivity index is 0.00000160. The number of anilines is 2. The van der Waals surface area contributed by atoms with Gasteiger partial charge in [0.15, 0.2) is 0 Å². The maximum absolute atomic E-state index is 15.1. The standard InChI is InChI=1S/C24H21F2N5O2S2.2H2O/c25-20-9-13(30-34-15-3-4-15)1-7-17(20)22-11-19-23(27-12-28-24(19)29-22)18-8-2-14(10-21(18)26)31-35(32,33)16-5-6-16;;/h1-2,7-12,15-16,30-31H,3-6H2,(H,27,28,29);2*1H2. The van der Waals surface area contributed by atoms with Crippen molar-refractivity contribution in [1.82, 2.24) is 15.0 Å². The van der Waals surface area contributed by atoms with E-state index in [4.69, 9.17) is 0 Å². The van der Waals surface area contributed by atoms with E-state index in [1.54, 1.807) is 24.1 Å². The Kier molecular flexibility index (Phi) is 7.42. The first-order chi connectivity index (χ1) is 16.9. The van der Waals surface area contributed by atoms with Gasteiger partial charge in [-0.15, -0.1) is 0 Å².